The monoisotopic (exact) mass is 295 g/mol. The van der Waals surface area contributed by atoms with E-state index in [2.05, 4.69) is 4.98 Å². The van der Waals surface area contributed by atoms with Gasteiger partial charge in [-0.2, -0.15) is 0 Å². The van der Waals surface area contributed by atoms with Gasteiger partial charge in [-0.3, -0.25) is 9.78 Å². The van der Waals surface area contributed by atoms with Crippen LogP contribution in [-0.4, -0.2) is 34.9 Å². The van der Waals surface area contributed by atoms with E-state index in [4.69, 9.17) is 5.73 Å². The molecule has 4 heteroatoms. The molecule has 1 saturated heterocycles. The zero-order valence-electron chi connectivity index (χ0n) is 12.6. The van der Waals surface area contributed by atoms with Crippen molar-refractivity contribution in [2.45, 2.75) is 25.3 Å². The number of nitrogens with two attached hydrogens (primary N) is 1. The molecule has 1 atom stereocenters. The van der Waals surface area contributed by atoms with Gasteiger partial charge in [-0.25, -0.2) is 0 Å². The average Bonchev–Trinajstić information content (AvgIpc) is 2.59. The maximum Gasteiger partial charge on any atom is 0.246 e. The molecule has 2 N–H and O–H groups in total. The van der Waals surface area contributed by atoms with Crippen LogP contribution in [0.3, 0.4) is 0 Å². The van der Waals surface area contributed by atoms with Crippen molar-refractivity contribution in [2.24, 2.45) is 5.73 Å². The summed E-state index contributed by atoms with van der Waals surface area (Å²) in [6.07, 6.45) is 8.51. The smallest absolute Gasteiger partial charge is 0.246 e. The summed E-state index contributed by atoms with van der Waals surface area (Å²) in [5, 5.41) is 1.08. The van der Waals surface area contributed by atoms with Crippen molar-refractivity contribution in [1.82, 2.24) is 9.88 Å². The molecular formula is C18H21N3O. The van der Waals surface area contributed by atoms with E-state index in [0.29, 0.717) is 6.54 Å². The lowest BCUT2D eigenvalue weighted by Gasteiger charge is -2.34. The van der Waals surface area contributed by atoms with Gasteiger partial charge in [-0.05, 0) is 31.4 Å². The third-order valence-electron chi connectivity index (χ3n) is 4.25. The van der Waals surface area contributed by atoms with Gasteiger partial charge in [0.2, 0.25) is 5.91 Å². The fourth-order valence-electron chi connectivity index (χ4n) is 3.05. The molecule has 1 aliphatic heterocycles. The third-order valence-corrected chi connectivity index (χ3v) is 4.25. The van der Waals surface area contributed by atoms with Crippen LogP contribution in [0.2, 0.25) is 0 Å². The molecule has 2 aromatic rings. The quantitative estimate of drug-likeness (QED) is 0.885. The first-order chi connectivity index (χ1) is 10.8. The number of amides is 1. The Balaban J connectivity index is 1.81. The number of aromatic nitrogens is 1. The summed E-state index contributed by atoms with van der Waals surface area (Å²) in [5.41, 5.74) is 7.67. The number of hydrogen-bond donors (Lipinski definition) is 1. The lowest BCUT2D eigenvalue weighted by molar-refractivity contribution is -0.129. The van der Waals surface area contributed by atoms with E-state index in [1.807, 2.05) is 41.3 Å². The topological polar surface area (TPSA) is 59.2 Å². The van der Waals surface area contributed by atoms with E-state index < -0.39 is 0 Å². The highest BCUT2D eigenvalue weighted by molar-refractivity contribution is 5.95. The number of nitrogens with zero attached hydrogens (tertiary/aromatic N) is 2. The Morgan fingerprint density at radius 2 is 2.18 bits per heavy atom. The summed E-state index contributed by atoms with van der Waals surface area (Å²) in [5.74, 6) is 0.0445. The molecule has 1 amide bonds. The molecule has 114 valence electrons. The molecule has 3 rings (SSSR count). The predicted octanol–water partition coefficient (Wildman–Crippen LogP) is 2.59. The second-order valence-corrected chi connectivity index (χ2v) is 5.67. The van der Waals surface area contributed by atoms with E-state index >= 15 is 0 Å². The number of para-hydroxylation sites is 1. The molecule has 0 spiro atoms. The van der Waals surface area contributed by atoms with E-state index in [-0.39, 0.29) is 11.9 Å². The molecular weight excluding hydrogens is 274 g/mol. The molecule has 0 saturated carbocycles. The van der Waals surface area contributed by atoms with Gasteiger partial charge in [0.25, 0.3) is 0 Å². The number of pyridine rings is 1. The van der Waals surface area contributed by atoms with Crippen LogP contribution in [0.1, 0.15) is 24.8 Å². The van der Waals surface area contributed by atoms with Crippen LogP contribution in [-0.2, 0) is 4.79 Å². The number of hydrogen-bond acceptors (Lipinski definition) is 3. The third kappa shape index (κ3) is 3.02. The molecule has 1 aromatic carbocycles. The minimum absolute atomic E-state index is 0.0445. The van der Waals surface area contributed by atoms with Crippen molar-refractivity contribution in [3.8, 4) is 0 Å². The van der Waals surface area contributed by atoms with Crippen LogP contribution < -0.4 is 5.73 Å². The van der Waals surface area contributed by atoms with E-state index in [1.165, 1.54) is 0 Å². The Labute approximate surface area is 130 Å². The van der Waals surface area contributed by atoms with Crippen LogP contribution in [0.4, 0.5) is 0 Å². The normalized spacial score (nSPS) is 19.0. The van der Waals surface area contributed by atoms with Gasteiger partial charge in [0, 0.05) is 42.4 Å². The van der Waals surface area contributed by atoms with Crippen LogP contribution in [0.15, 0.2) is 42.6 Å². The van der Waals surface area contributed by atoms with Gasteiger partial charge < -0.3 is 10.6 Å². The Kier molecular flexibility index (Phi) is 4.49. The highest BCUT2D eigenvalue weighted by atomic mass is 16.2. The molecule has 22 heavy (non-hydrogen) atoms. The zero-order chi connectivity index (χ0) is 15.4. The highest BCUT2D eigenvalue weighted by Crippen LogP contribution is 2.19. The maximum atomic E-state index is 12.4. The summed E-state index contributed by atoms with van der Waals surface area (Å²) in [6.45, 7) is 1.34. The minimum atomic E-state index is 0.0445. The molecule has 1 fully saturated rings. The average molecular weight is 295 g/mol. The van der Waals surface area contributed by atoms with E-state index in [0.717, 1.165) is 42.3 Å². The Morgan fingerprint density at radius 1 is 1.32 bits per heavy atom. The number of carbonyl (C=O) groups excluding carboxylic acids is 1. The second kappa shape index (κ2) is 6.71. The number of likely N-dealkylation sites (tertiary alicyclic amines) is 1. The van der Waals surface area contributed by atoms with Gasteiger partial charge >= 0.3 is 0 Å². The van der Waals surface area contributed by atoms with Crippen molar-refractivity contribution in [1.29, 1.82) is 0 Å². The predicted molar refractivity (Wildman–Crippen MR) is 89.2 cm³/mol. The number of piperidine rings is 1. The van der Waals surface area contributed by atoms with Crippen LogP contribution in [0, 0.1) is 0 Å². The van der Waals surface area contributed by atoms with Gasteiger partial charge in [0.05, 0.1) is 5.52 Å². The molecule has 0 aliphatic carbocycles. The largest absolute Gasteiger partial charge is 0.335 e. The van der Waals surface area contributed by atoms with Crippen molar-refractivity contribution in [3.05, 3.63) is 48.2 Å². The first kappa shape index (κ1) is 14.7. The standard InChI is InChI=1S/C18H21N3O/c19-13-16-8-1-2-12-21(16)17(22)10-9-15-6-3-5-14-7-4-11-20-18(14)15/h3-7,9-11,16H,1-2,8,12-13,19H2. The molecule has 4 nitrogen and oxygen atoms in total. The Morgan fingerprint density at radius 3 is 3.05 bits per heavy atom. The summed E-state index contributed by atoms with van der Waals surface area (Å²) in [4.78, 5) is 18.7. The van der Waals surface area contributed by atoms with Crippen molar-refractivity contribution in [2.75, 3.05) is 13.1 Å². The number of fused-ring (bicyclic) bond motifs is 1. The van der Waals surface area contributed by atoms with Gasteiger partial charge in [0.15, 0.2) is 0 Å². The van der Waals surface area contributed by atoms with Crippen molar-refractivity contribution in [3.63, 3.8) is 0 Å². The van der Waals surface area contributed by atoms with Crippen molar-refractivity contribution < 1.29 is 4.79 Å². The van der Waals surface area contributed by atoms with Gasteiger partial charge in [0.1, 0.15) is 0 Å². The Bertz CT molecular complexity index is 690. The fourth-order valence-corrected chi connectivity index (χ4v) is 3.05. The molecule has 2 heterocycles. The highest BCUT2D eigenvalue weighted by Gasteiger charge is 2.23. The minimum Gasteiger partial charge on any atom is -0.335 e. The SMILES string of the molecule is NCC1CCCCN1C(=O)C=Cc1cccc2cccnc12. The maximum absolute atomic E-state index is 12.4. The lowest BCUT2D eigenvalue weighted by Crippen LogP contribution is -2.46. The number of carbonyl (C=O) groups is 1. The van der Waals surface area contributed by atoms with Crippen LogP contribution >= 0.6 is 0 Å². The first-order valence-electron chi connectivity index (χ1n) is 7.82. The number of rotatable bonds is 3. The summed E-state index contributed by atoms with van der Waals surface area (Å²) < 4.78 is 0. The lowest BCUT2D eigenvalue weighted by atomic mass is 10.0. The van der Waals surface area contributed by atoms with E-state index in [1.54, 1.807) is 12.3 Å². The summed E-state index contributed by atoms with van der Waals surface area (Å²) in [7, 11) is 0. The Hall–Kier alpha value is -2.20. The van der Waals surface area contributed by atoms with Crippen LogP contribution in [0.25, 0.3) is 17.0 Å². The molecule has 1 unspecified atom stereocenters. The zero-order valence-corrected chi connectivity index (χ0v) is 12.6. The molecule has 1 aromatic heterocycles. The summed E-state index contributed by atoms with van der Waals surface area (Å²) >= 11 is 0. The summed E-state index contributed by atoms with van der Waals surface area (Å²) in [6, 6.07) is 10.1. The van der Waals surface area contributed by atoms with E-state index in [9.17, 15) is 4.79 Å². The second-order valence-electron chi connectivity index (χ2n) is 5.67. The fraction of sp³-hybridized carbons (Fsp3) is 0.333. The molecule has 0 bridgehead atoms. The number of benzene rings is 1. The molecule has 0 radical (unpaired) electrons. The van der Waals surface area contributed by atoms with Crippen LogP contribution in [0.5, 0.6) is 0 Å². The van der Waals surface area contributed by atoms with Gasteiger partial charge in [-0.15, -0.1) is 0 Å². The molecule has 1 aliphatic rings. The van der Waals surface area contributed by atoms with Gasteiger partial charge in [-0.1, -0.05) is 24.3 Å². The first-order valence-corrected chi connectivity index (χ1v) is 7.82. The van der Waals surface area contributed by atoms with Crippen molar-refractivity contribution >= 4 is 22.9 Å².